The molecule has 0 N–H and O–H groups in total. The van der Waals surface area contributed by atoms with Crippen LogP contribution in [0, 0.1) is 5.82 Å². The average Bonchev–Trinajstić information content (AvgIpc) is 2.32. The van der Waals surface area contributed by atoms with E-state index in [0.717, 1.165) is 4.47 Å². The molecule has 19 heavy (non-hydrogen) atoms. The zero-order valence-corrected chi connectivity index (χ0v) is 12.7. The number of halogens is 4. The van der Waals surface area contributed by atoms with Crippen molar-refractivity contribution in [2.24, 2.45) is 0 Å². The van der Waals surface area contributed by atoms with Gasteiger partial charge < -0.3 is 0 Å². The number of hydrogen-bond acceptors (Lipinski definition) is 1. The second kappa shape index (κ2) is 6.04. The molecule has 98 valence electrons. The first-order valence-electron chi connectivity index (χ1n) is 5.39. The first kappa shape index (κ1) is 14.5. The number of ketones is 1. The highest BCUT2D eigenvalue weighted by atomic mass is 79.9. The monoisotopic (exact) mass is 360 g/mol. The highest BCUT2D eigenvalue weighted by molar-refractivity contribution is 9.10. The molecule has 0 bridgehead atoms. The lowest BCUT2D eigenvalue weighted by Gasteiger charge is -2.04. The van der Waals surface area contributed by atoms with Crippen molar-refractivity contribution in [1.82, 2.24) is 0 Å². The van der Waals surface area contributed by atoms with Crippen molar-refractivity contribution in [2.45, 2.75) is 6.42 Å². The molecule has 0 radical (unpaired) electrons. The molecule has 0 aliphatic carbocycles. The summed E-state index contributed by atoms with van der Waals surface area (Å²) in [5.41, 5.74) is 1.05. The zero-order valence-electron chi connectivity index (χ0n) is 9.59. The number of rotatable bonds is 3. The van der Waals surface area contributed by atoms with Crippen LogP contribution in [-0.4, -0.2) is 5.78 Å². The van der Waals surface area contributed by atoms with E-state index in [2.05, 4.69) is 15.9 Å². The fourth-order valence-electron chi connectivity index (χ4n) is 1.65. The van der Waals surface area contributed by atoms with Gasteiger partial charge in [-0.05, 0) is 35.9 Å². The summed E-state index contributed by atoms with van der Waals surface area (Å²) in [7, 11) is 0. The van der Waals surface area contributed by atoms with Gasteiger partial charge in [0.1, 0.15) is 5.82 Å². The fourth-order valence-corrected chi connectivity index (χ4v) is 2.63. The third-order valence-electron chi connectivity index (χ3n) is 2.53. The molecule has 0 spiro atoms. The molecule has 5 heteroatoms. The minimum Gasteiger partial charge on any atom is -0.294 e. The molecule has 2 aromatic carbocycles. The van der Waals surface area contributed by atoms with Gasteiger partial charge in [-0.15, -0.1) is 0 Å². The molecule has 0 atom stereocenters. The largest absolute Gasteiger partial charge is 0.294 e. The fraction of sp³-hybridized carbons (Fsp3) is 0.0714. The van der Waals surface area contributed by atoms with E-state index in [1.807, 2.05) is 0 Å². The first-order valence-corrected chi connectivity index (χ1v) is 6.94. The molecule has 1 nitrogen and oxygen atoms in total. The van der Waals surface area contributed by atoms with E-state index < -0.39 is 5.82 Å². The van der Waals surface area contributed by atoms with Crippen molar-refractivity contribution < 1.29 is 9.18 Å². The van der Waals surface area contributed by atoms with Crippen LogP contribution in [0.15, 0.2) is 40.9 Å². The Hall–Kier alpha value is -0.900. The molecule has 2 aromatic rings. The molecule has 0 saturated carbocycles. The van der Waals surface area contributed by atoms with Gasteiger partial charge in [-0.1, -0.05) is 45.2 Å². The lowest BCUT2D eigenvalue weighted by molar-refractivity contribution is 0.0993. The number of Topliss-reactive ketones (excluding diaryl/α,β-unsaturated/α-hetero) is 1. The maximum Gasteiger partial charge on any atom is 0.167 e. The van der Waals surface area contributed by atoms with Gasteiger partial charge in [0.25, 0.3) is 0 Å². The van der Waals surface area contributed by atoms with Crippen LogP contribution in [0.5, 0.6) is 0 Å². The third-order valence-corrected chi connectivity index (χ3v) is 3.52. The third kappa shape index (κ3) is 3.78. The Morgan fingerprint density at radius 1 is 1.16 bits per heavy atom. The molecule has 0 unspecified atom stereocenters. The summed E-state index contributed by atoms with van der Waals surface area (Å²) in [5, 5.41) is 0.515. The highest BCUT2D eigenvalue weighted by Gasteiger charge is 2.10. The molecule has 2 rings (SSSR count). The Morgan fingerprint density at radius 2 is 1.89 bits per heavy atom. The number of benzene rings is 2. The van der Waals surface area contributed by atoms with Gasteiger partial charge in [-0.2, -0.15) is 0 Å². The summed E-state index contributed by atoms with van der Waals surface area (Å²) in [6.07, 6.45) is 0.0981. The molecule has 0 saturated heterocycles. The van der Waals surface area contributed by atoms with Gasteiger partial charge in [0.05, 0.1) is 5.02 Å². The Kier molecular flexibility index (Phi) is 4.61. The summed E-state index contributed by atoms with van der Waals surface area (Å²) in [6, 6.07) is 9.29. The molecule has 0 amide bonds. The smallest absolute Gasteiger partial charge is 0.167 e. The number of carbonyl (C=O) groups excluding carboxylic acids is 1. The topological polar surface area (TPSA) is 17.1 Å². The van der Waals surface area contributed by atoms with Crippen LogP contribution >= 0.6 is 39.1 Å². The van der Waals surface area contributed by atoms with E-state index >= 15 is 0 Å². The van der Waals surface area contributed by atoms with Crippen LogP contribution in [0.25, 0.3) is 0 Å². The van der Waals surface area contributed by atoms with Crippen LogP contribution in [0.3, 0.4) is 0 Å². The normalized spacial score (nSPS) is 10.5. The van der Waals surface area contributed by atoms with E-state index in [1.54, 1.807) is 24.3 Å². The van der Waals surface area contributed by atoms with Gasteiger partial charge >= 0.3 is 0 Å². The van der Waals surface area contributed by atoms with Crippen molar-refractivity contribution in [2.75, 3.05) is 0 Å². The van der Waals surface area contributed by atoms with Crippen LogP contribution < -0.4 is 0 Å². The van der Waals surface area contributed by atoms with Crippen molar-refractivity contribution in [1.29, 1.82) is 0 Å². The van der Waals surface area contributed by atoms with Crippen molar-refractivity contribution in [3.05, 3.63) is 67.9 Å². The van der Waals surface area contributed by atoms with Crippen LogP contribution in [0.1, 0.15) is 15.9 Å². The Balaban J connectivity index is 2.22. The predicted octanol–water partition coefficient (Wildman–Crippen LogP) is 5.32. The van der Waals surface area contributed by atoms with E-state index in [4.69, 9.17) is 23.2 Å². The summed E-state index contributed by atoms with van der Waals surface area (Å²) in [6.45, 7) is 0. The van der Waals surface area contributed by atoms with Gasteiger partial charge in [0, 0.05) is 21.5 Å². The Bertz CT molecular complexity index is 623. The van der Waals surface area contributed by atoms with Gasteiger partial charge in [0.2, 0.25) is 0 Å². The molecule has 0 aliphatic heterocycles. The SMILES string of the molecule is O=C(Cc1ccc(Cl)c(F)c1)c1cc(Cl)cc(Br)c1. The summed E-state index contributed by atoms with van der Waals surface area (Å²) < 4.78 is 14.0. The van der Waals surface area contributed by atoms with E-state index in [0.29, 0.717) is 16.1 Å². The quantitative estimate of drug-likeness (QED) is 0.676. The highest BCUT2D eigenvalue weighted by Crippen LogP contribution is 2.22. The lowest BCUT2D eigenvalue weighted by atomic mass is 10.0. The van der Waals surface area contributed by atoms with Crippen LogP contribution in [0.4, 0.5) is 4.39 Å². The maximum atomic E-state index is 13.3. The summed E-state index contributed by atoms with van der Waals surface area (Å²) >= 11 is 14.7. The van der Waals surface area contributed by atoms with Gasteiger partial charge in [-0.25, -0.2) is 4.39 Å². The van der Waals surface area contributed by atoms with Crippen molar-refractivity contribution in [3.8, 4) is 0 Å². The van der Waals surface area contributed by atoms with Crippen LogP contribution in [0.2, 0.25) is 10.0 Å². The van der Waals surface area contributed by atoms with Gasteiger partial charge in [-0.3, -0.25) is 4.79 Å². The predicted molar refractivity (Wildman–Crippen MR) is 78.6 cm³/mol. The molecule has 0 fully saturated rings. The molecular weight excluding hydrogens is 354 g/mol. The van der Waals surface area contributed by atoms with Crippen molar-refractivity contribution in [3.63, 3.8) is 0 Å². The van der Waals surface area contributed by atoms with Crippen LogP contribution in [-0.2, 0) is 6.42 Å². The second-order valence-corrected chi connectivity index (χ2v) is 5.77. The summed E-state index contributed by atoms with van der Waals surface area (Å²) in [4.78, 5) is 12.1. The summed E-state index contributed by atoms with van der Waals surface area (Å²) in [5.74, 6) is -0.663. The lowest BCUT2D eigenvalue weighted by Crippen LogP contribution is -2.04. The standard InChI is InChI=1S/C14H8BrCl2FO/c15-10-5-9(6-11(16)7-10)14(19)4-8-1-2-12(17)13(18)3-8/h1-3,5-7H,4H2. The maximum absolute atomic E-state index is 13.3. The molecule has 0 aliphatic rings. The number of hydrogen-bond donors (Lipinski definition) is 0. The average molecular weight is 362 g/mol. The molecule has 0 aromatic heterocycles. The van der Waals surface area contributed by atoms with E-state index in [-0.39, 0.29) is 17.2 Å². The van der Waals surface area contributed by atoms with Gasteiger partial charge in [0.15, 0.2) is 5.78 Å². The minimum atomic E-state index is -0.528. The minimum absolute atomic E-state index is 0.0432. The van der Waals surface area contributed by atoms with E-state index in [9.17, 15) is 9.18 Å². The molecular formula is C14H8BrCl2FO. The Labute approximate surface area is 128 Å². The zero-order chi connectivity index (χ0) is 14.0. The Morgan fingerprint density at radius 3 is 2.53 bits per heavy atom. The van der Waals surface area contributed by atoms with E-state index in [1.165, 1.54) is 12.1 Å². The molecule has 0 heterocycles. The second-order valence-electron chi connectivity index (χ2n) is 4.01. The van der Waals surface area contributed by atoms with Crippen molar-refractivity contribution >= 4 is 44.9 Å². The first-order chi connectivity index (χ1) is 8.95. The number of carbonyl (C=O) groups is 1.